The first kappa shape index (κ1) is 12.5. The molecule has 0 amide bonds. The summed E-state index contributed by atoms with van der Waals surface area (Å²) in [6.07, 6.45) is -0.706. The van der Waals surface area contributed by atoms with Crippen LogP contribution in [0.15, 0.2) is 27.4 Å². The van der Waals surface area contributed by atoms with Crippen LogP contribution < -0.4 is 0 Å². The Morgan fingerprint density at radius 3 is 2.82 bits per heavy atom. The Labute approximate surface area is 107 Å². The van der Waals surface area contributed by atoms with Crippen LogP contribution in [0.5, 0.6) is 0 Å². The summed E-state index contributed by atoms with van der Waals surface area (Å²) in [7, 11) is 0. The van der Waals surface area contributed by atoms with Crippen molar-refractivity contribution in [2.24, 2.45) is 0 Å². The normalized spacial score (nSPS) is 12.7. The van der Waals surface area contributed by atoms with Crippen molar-refractivity contribution in [3.05, 3.63) is 35.4 Å². The summed E-state index contributed by atoms with van der Waals surface area (Å²) in [5.41, 5.74) is 0.572. The van der Waals surface area contributed by atoms with E-state index in [9.17, 15) is 9.50 Å². The van der Waals surface area contributed by atoms with Gasteiger partial charge in [-0.3, -0.25) is 0 Å². The Hall–Kier alpha value is -0.980. The quantitative estimate of drug-likeness (QED) is 0.930. The number of halogens is 1. The van der Waals surface area contributed by atoms with Gasteiger partial charge in [0.2, 0.25) is 0 Å². The number of nitrogens with zero attached hydrogens (tertiary/aromatic N) is 2. The van der Waals surface area contributed by atoms with Crippen LogP contribution >= 0.6 is 23.3 Å². The molecule has 2 aromatic rings. The molecule has 90 valence electrons. The maximum Gasteiger partial charge on any atom is 0.174 e. The Bertz CT molecular complexity index is 528. The van der Waals surface area contributed by atoms with Gasteiger partial charge in [-0.2, -0.15) is 4.37 Å². The molecule has 0 saturated heterocycles. The van der Waals surface area contributed by atoms with E-state index in [2.05, 4.69) is 9.36 Å². The van der Waals surface area contributed by atoms with Gasteiger partial charge < -0.3 is 5.11 Å². The van der Waals surface area contributed by atoms with E-state index in [1.54, 1.807) is 26.0 Å². The molecule has 1 heterocycles. The van der Waals surface area contributed by atoms with Gasteiger partial charge in [0.1, 0.15) is 11.6 Å². The number of hydrogen-bond donors (Lipinski definition) is 1. The summed E-state index contributed by atoms with van der Waals surface area (Å²) in [5, 5.41) is 9.60. The maximum atomic E-state index is 13.7. The molecule has 0 radical (unpaired) electrons. The van der Waals surface area contributed by atoms with E-state index >= 15 is 0 Å². The minimum atomic E-state index is -0.706. The second-order valence-corrected chi connectivity index (χ2v) is 5.55. The highest BCUT2D eigenvalue weighted by atomic mass is 32.2. The number of hydrogen-bond acceptors (Lipinski definition) is 5. The number of aliphatic hydroxyl groups is 1. The molecule has 1 unspecified atom stereocenters. The van der Waals surface area contributed by atoms with Gasteiger partial charge in [-0.15, -0.1) is 0 Å². The van der Waals surface area contributed by atoms with Crippen LogP contribution in [0.1, 0.15) is 24.4 Å². The van der Waals surface area contributed by atoms with Crippen LogP contribution in [0.4, 0.5) is 4.39 Å². The molecule has 0 aliphatic carbocycles. The van der Waals surface area contributed by atoms with Crippen LogP contribution in [-0.2, 0) is 0 Å². The summed E-state index contributed by atoms with van der Waals surface area (Å²) < 4.78 is 18.4. The number of aliphatic hydroxyl groups excluding tert-OH is 1. The first-order valence-electron chi connectivity index (χ1n) is 5.02. The van der Waals surface area contributed by atoms with Gasteiger partial charge in [0, 0.05) is 0 Å². The van der Waals surface area contributed by atoms with Crippen molar-refractivity contribution in [2.75, 3.05) is 0 Å². The average molecular weight is 270 g/mol. The lowest BCUT2D eigenvalue weighted by Gasteiger charge is -2.10. The highest BCUT2D eigenvalue weighted by Crippen LogP contribution is 2.35. The van der Waals surface area contributed by atoms with Gasteiger partial charge in [0.25, 0.3) is 0 Å². The van der Waals surface area contributed by atoms with E-state index in [1.807, 2.05) is 0 Å². The fourth-order valence-corrected chi connectivity index (χ4v) is 3.18. The molecular weight excluding hydrogens is 259 g/mol. The molecular formula is C11H11FN2OS2. The van der Waals surface area contributed by atoms with Crippen molar-refractivity contribution in [3.63, 3.8) is 0 Å². The van der Waals surface area contributed by atoms with Crippen LogP contribution in [0.25, 0.3) is 0 Å². The predicted octanol–water partition coefficient (Wildman–Crippen LogP) is 3.19. The van der Waals surface area contributed by atoms with Gasteiger partial charge in [-0.1, -0.05) is 23.9 Å². The summed E-state index contributed by atoms with van der Waals surface area (Å²) in [5.74, 6) is 0.327. The highest BCUT2D eigenvalue weighted by molar-refractivity contribution is 8.01. The summed E-state index contributed by atoms with van der Waals surface area (Å²) >= 11 is 2.43. The maximum absolute atomic E-state index is 13.7. The molecule has 6 heteroatoms. The number of aryl methyl sites for hydroxylation is 1. The minimum Gasteiger partial charge on any atom is -0.389 e. The molecule has 0 fully saturated rings. The standard InChI is InChI=1S/C11H11FN2OS2/c1-6(15)8-4-3-5-9(12)10(8)16-11-13-7(2)14-17-11/h3-6,15H,1-2H3. The molecule has 1 atom stereocenters. The molecule has 17 heavy (non-hydrogen) atoms. The fraction of sp³-hybridized carbons (Fsp3) is 0.273. The van der Waals surface area contributed by atoms with Crippen LogP contribution in [0.3, 0.4) is 0 Å². The summed E-state index contributed by atoms with van der Waals surface area (Å²) in [6, 6.07) is 4.68. The Balaban J connectivity index is 2.37. The van der Waals surface area contributed by atoms with Crippen molar-refractivity contribution in [3.8, 4) is 0 Å². The first-order chi connectivity index (χ1) is 8.08. The molecule has 0 spiro atoms. The number of rotatable bonds is 3. The number of aromatic nitrogens is 2. The summed E-state index contributed by atoms with van der Waals surface area (Å²) in [6.45, 7) is 3.40. The fourth-order valence-electron chi connectivity index (χ4n) is 1.37. The molecule has 1 N–H and O–H groups in total. The molecule has 2 rings (SSSR count). The van der Waals surface area contributed by atoms with Crippen molar-refractivity contribution in [1.82, 2.24) is 9.36 Å². The lowest BCUT2D eigenvalue weighted by molar-refractivity contribution is 0.195. The Morgan fingerprint density at radius 1 is 1.47 bits per heavy atom. The SMILES string of the molecule is Cc1nsc(Sc2c(F)cccc2C(C)O)n1. The van der Waals surface area contributed by atoms with Crippen molar-refractivity contribution in [2.45, 2.75) is 29.2 Å². The highest BCUT2D eigenvalue weighted by Gasteiger charge is 2.15. The zero-order chi connectivity index (χ0) is 12.4. The monoisotopic (exact) mass is 270 g/mol. The smallest absolute Gasteiger partial charge is 0.174 e. The lowest BCUT2D eigenvalue weighted by atomic mass is 10.1. The minimum absolute atomic E-state index is 0.346. The van der Waals surface area contributed by atoms with Crippen LogP contribution in [0, 0.1) is 12.7 Å². The van der Waals surface area contributed by atoms with Gasteiger partial charge >= 0.3 is 0 Å². The van der Waals surface area contributed by atoms with Gasteiger partial charge in [-0.05, 0) is 37.0 Å². The van der Waals surface area contributed by atoms with E-state index in [0.717, 1.165) is 0 Å². The molecule has 0 bridgehead atoms. The third-order valence-corrected chi connectivity index (χ3v) is 4.12. The Kier molecular flexibility index (Phi) is 3.76. The van der Waals surface area contributed by atoms with E-state index in [0.29, 0.717) is 20.6 Å². The zero-order valence-electron chi connectivity index (χ0n) is 9.35. The predicted molar refractivity (Wildman–Crippen MR) is 65.8 cm³/mol. The van der Waals surface area contributed by atoms with E-state index in [4.69, 9.17) is 0 Å². The zero-order valence-corrected chi connectivity index (χ0v) is 11.0. The molecule has 1 aromatic heterocycles. The summed E-state index contributed by atoms with van der Waals surface area (Å²) in [4.78, 5) is 4.59. The Morgan fingerprint density at radius 2 is 2.24 bits per heavy atom. The number of benzene rings is 1. The second kappa shape index (κ2) is 5.12. The average Bonchev–Trinajstić information content (AvgIpc) is 2.67. The van der Waals surface area contributed by atoms with Crippen molar-refractivity contribution >= 4 is 23.3 Å². The van der Waals surface area contributed by atoms with Crippen molar-refractivity contribution < 1.29 is 9.50 Å². The van der Waals surface area contributed by atoms with Gasteiger partial charge in [0.15, 0.2) is 4.34 Å². The molecule has 0 aliphatic rings. The van der Waals surface area contributed by atoms with Crippen LogP contribution in [0.2, 0.25) is 0 Å². The third kappa shape index (κ3) is 2.83. The second-order valence-electron chi connectivity index (χ2n) is 3.54. The topological polar surface area (TPSA) is 46.0 Å². The molecule has 1 aromatic carbocycles. The molecule has 0 saturated carbocycles. The largest absolute Gasteiger partial charge is 0.389 e. The molecule has 3 nitrogen and oxygen atoms in total. The van der Waals surface area contributed by atoms with Crippen molar-refractivity contribution in [1.29, 1.82) is 0 Å². The molecule has 0 aliphatic heterocycles. The lowest BCUT2D eigenvalue weighted by Crippen LogP contribution is -1.96. The van der Waals surface area contributed by atoms with E-state index in [-0.39, 0.29) is 5.82 Å². The van der Waals surface area contributed by atoms with E-state index < -0.39 is 6.10 Å². The van der Waals surface area contributed by atoms with Gasteiger partial charge in [0.05, 0.1) is 11.0 Å². The van der Waals surface area contributed by atoms with Crippen LogP contribution in [-0.4, -0.2) is 14.5 Å². The third-order valence-electron chi connectivity index (χ3n) is 2.15. The van der Waals surface area contributed by atoms with Gasteiger partial charge in [-0.25, -0.2) is 9.37 Å². The first-order valence-corrected chi connectivity index (χ1v) is 6.61. The van der Waals surface area contributed by atoms with E-state index in [1.165, 1.54) is 29.4 Å².